The van der Waals surface area contributed by atoms with Crippen molar-refractivity contribution in [3.8, 4) is 0 Å². The predicted octanol–water partition coefficient (Wildman–Crippen LogP) is -0.270. The van der Waals surface area contributed by atoms with E-state index in [-0.39, 0.29) is 0 Å². The molecular formula is C6H9O3. The van der Waals surface area contributed by atoms with E-state index >= 15 is 0 Å². The van der Waals surface area contributed by atoms with Crippen LogP contribution in [0.25, 0.3) is 0 Å². The second kappa shape index (κ2) is 2.27. The molecule has 0 amide bonds. The summed E-state index contributed by atoms with van der Waals surface area (Å²) in [6.45, 7) is 5.26. The number of rotatable bonds is 2. The van der Waals surface area contributed by atoms with Gasteiger partial charge >= 0.3 is 0 Å². The molecule has 51 valence electrons. The maximum absolute atomic E-state index is 10.4. The molecule has 9 heavy (non-hydrogen) atoms. The van der Waals surface area contributed by atoms with Gasteiger partial charge in [-0.25, -0.2) is 0 Å². The van der Waals surface area contributed by atoms with E-state index in [1.165, 1.54) is 0 Å². The molecule has 0 bridgehead atoms. The smallest absolute Gasteiger partial charge is 0.180 e. The van der Waals surface area contributed by atoms with E-state index in [1.54, 1.807) is 0 Å². The normalized spacial score (nSPS) is 11.1. The number of carbonyl (C=O) groups is 2. The molecule has 0 saturated heterocycles. The van der Waals surface area contributed by atoms with E-state index in [9.17, 15) is 9.59 Å². The van der Waals surface area contributed by atoms with Gasteiger partial charge in [-0.3, -0.25) is 9.59 Å². The zero-order valence-electron chi connectivity index (χ0n) is 5.47. The van der Waals surface area contributed by atoms with Crippen molar-refractivity contribution in [2.75, 3.05) is 0 Å². The molecule has 0 unspecified atom stereocenters. The van der Waals surface area contributed by atoms with Crippen LogP contribution in [0.2, 0.25) is 0 Å². The largest absolute Gasteiger partial charge is 0.375 e. The lowest BCUT2D eigenvalue weighted by Crippen LogP contribution is -2.40. The van der Waals surface area contributed by atoms with E-state index in [0.29, 0.717) is 0 Å². The van der Waals surface area contributed by atoms with Crippen LogP contribution in [0.5, 0.6) is 0 Å². The van der Waals surface area contributed by atoms with E-state index in [2.05, 4.69) is 6.92 Å². The average molecular weight is 129 g/mol. The van der Waals surface area contributed by atoms with Gasteiger partial charge in [-0.05, 0) is 20.8 Å². The predicted molar refractivity (Wildman–Crippen MR) is 31.7 cm³/mol. The summed E-state index contributed by atoms with van der Waals surface area (Å²) in [4.78, 5) is 20.7. The highest BCUT2D eigenvalue weighted by Crippen LogP contribution is 2.03. The first-order valence-corrected chi connectivity index (χ1v) is 2.49. The van der Waals surface area contributed by atoms with Crippen LogP contribution in [0.3, 0.4) is 0 Å². The van der Waals surface area contributed by atoms with Gasteiger partial charge in [0, 0.05) is 0 Å². The lowest BCUT2D eigenvalue weighted by molar-refractivity contribution is -0.143. The molecular weight excluding hydrogens is 120 g/mol. The van der Waals surface area contributed by atoms with Crippen molar-refractivity contribution in [1.29, 1.82) is 0 Å². The second-order valence-electron chi connectivity index (χ2n) is 1.97. The molecule has 0 aliphatic rings. The van der Waals surface area contributed by atoms with Crippen LogP contribution in [0.1, 0.15) is 13.8 Å². The number of hydrogen-bond donors (Lipinski definition) is 1. The van der Waals surface area contributed by atoms with Gasteiger partial charge in [-0.1, -0.05) is 0 Å². The molecule has 0 aromatic heterocycles. The van der Waals surface area contributed by atoms with Crippen LogP contribution in [-0.2, 0) is 9.59 Å². The first kappa shape index (κ1) is 8.30. The Kier molecular flexibility index (Phi) is 2.09. The van der Waals surface area contributed by atoms with Crippen molar-refractivity contribution in [2.45, 2.75) is 19.4 Å². The van der Waals surface area contributed by atoms with Crippen molar-refractivity contribution in [2.24, 2.45) is 0 Å². The molecule has 0 saturated carbocycles. The molecule has 0 atom stereocenters. The SMILES string of the molecule is [CH2]C(O)(C(C)=O)C(C)=O. The molecule has 0 heterocycles. The third-order valence-electron chi connectivity index (χ3n) is 1.16. The fraction of sp³-hybridized carbons (Fsp3) is 0.500. The summed E-state index contributed by atoms with van der Waals surface area (Å²) in [7, 11) is 0. The highest BCUT2D eigenvalue weighted by atomic mass is 16.3. The Morgan fingerprint density at radius 3 is 1.56 bits per heavy atom. The van der Waals surface area contributed by atoms with Crippen LogP contribution in [-0.4, -0.2) is 22.3 Å². The third-order valence-corrected chi connectivity index (χ3v) is 1.16. The van der Waals surface area contributed by atoms with E-state index in [0.717, 1.165) is 13.8 Å². The van der Waals surface area contributed by atoms with Crippen molar-refractivity contribution in [3.05, 3.63) is 6.92 Å². The minimum Gasteiger partial charge on any atom is -0.375 e. The minimum atomic E-state index is -2.03. The van der Waals surface area contributed by atoms with Crippen molar-refractivity contribution in [3.63, 3.8) is 0 Å². The Morgan fingerprint density at radius 1 is 1.33 bits per heavy atom. The van der Waals surface area contributed by atoms with Gasteiger partial charge in [-0.15, -0.1) is 0 Å². The van der Waals surface area contributed by atoms with Gasteiger partial charge < -0.3 is 5.11 Å². The summed E-state index contributed by atoms with van der Waals surface area (Å²) < 4.78 is 0. The maximum atomic E-state index is 10.4. The zero-order valence-corrected chi connectivity index (χ0v) is 5.47. The highest BCUT2D eigenvalue weighted by molar-refractivity contribution is 6.08. The summed E-state index contributed by atoms with van der Waals surface area (Å²) in [6, 6.07) is 0. The number of ketones is 2. The Hall–Kier alpha value is -0.700. The molecule has 0 fully saturated rings. The summed E-state index contributed by atoms with van der Waals surface area (Å²) in [6.07, 6.45) is 0. The van der Waals surface area contributed by atoms with Gasteiger partial charge in [0.2, 0.25) is 0 Å². The third kappa shape index (κ3) is 1.61. The molecule has 0 aromatic carbocycles. The number of aliphatic hydroxyl groups is 1. The Morgan fingerprint density at radius 2 is 1.56 bits per heavy atom. The Bertz CT molecular complexity index is 130. The van der Waals surface area contributed by atoms with Crippen molar-refractivity contribution < 1.29 is 14.7 Å². The molecule has 1 radical (unpaired) electrons. The number of carbonyl (C=O) groups excluding carboxylic acids is 2. The summed E-state index contributed by atoms with van der Waals surface area (Å²) >= 11 is 0. The van der Waals surface area contributed by atoms with E-state index in [4.69, 9.17) is 5.11 Å². The topological polar surface area (TPSA) is 54.4 Å². The molecule has 3 nitrogen and oxygen atoms in total. The summed E-state index contributed by atoms with van der Waals surface area (Å²) in [5.41, 5.74) is -2.03. The average Bonchev–Trinajstić information content (AvgIpc) is 1.65. The lowest BCUT2D eigenvalue weighted by Gasteiger charge is -2.13. The van der Waals surface area contributed by atoms with Gasteiger partial charge in [0.1, 0.15) is 0 Å². The van der Waals surface area contributed by atoms with E-state index < -0.39 is 17.2 Å². The van der Waals surface area contributed by atoms with Crippen LogP contribution in [0.15, 0.2) is 0 Å². The second-order valence-corrected chi connectivity index (χ2v) is 1.97. The fourth-order valence-corrected chi connectivity index (χ4v) is 0.248. The monoisotopic (exact) mass is 129 g/mol. The minimum absolute atomic E-state index is 0.630. The highest BCUT2D eigenvalue weighted by Gasteiger charge is 2.31. The summed E-state index contributed by atoms with van der Waals surface area (Å²) in [5, 5.41) is 8.86. The first-order valence-electron chi connectivity index (χ1n) is 2.49. The lowest BCUT2D eigenvalue weighted by atomic mass is 9.98. The van der Waals surface area contributed by atoms with Crippen LogP contribution in [0, 0.1) is 6.92 Å². The number of Topliss-reactive ketones (excluding diaryl/α,β-unsaturated/α-hetero) is 2. The zero-order chi connectivity index (χ0) is 7.65. The quantitative estimate of drug-likeness (QED) is 0.522. The van der Waals surface area contributed by atoms with Crippen molar-refractivity contribution >= 4 is 11.6 Å². The standard InChI is InChI=1S/C6H9O3/c1-4(7)6(3,9)5(2)8/h9H,3H2,1-2H3. The summed E-state index contributed by atoms with van der Waals surface area (Å²) in [5.74, 6) is -1.26. The van der Waals surface area contributed by atoms with Crippen LogP contribution < -0.4 is 0 Å². The van der Waals surface area contributed by atoms with Gasteiger partial charge in [0.05, 0.1) is 0 Å². The van der Waals surface area contributed by atoms with E-state index in [1.807, 2.05) is 0 Å². The van der Waals surface area contributed by atoms with Gasteiger partial charge in [-0.2, -0.15) is 0 Å². The molecule has 1 N–H and O–H groups in total. The molecule has 0 rings (SSSR count). The molecule has 0 aliphatic heterocycles. The van der Waals surface area contributed by atoms with Crippen LogP contribution >= 0.6 is 0 Å². The fourth-order valence-electron chi connectivity index (χ4n) is 0.248. The Balaban J connectivity index is 4.38. The Labute approximate surface area is 53.7 Å². The van der Waals surface area contributed by atoms with Gasteiger partial charge in [0.25, 0.3) is 0 Å². The van der Waals surface area contributed by atoms with Crippen LogP contribution in [0.4, 0.5) is 0 Å². The molecule has 0 spiro atoms. The van der Waals surface area contributed by atoms with Gasteiger partial charge in [0.15, 0.2) is 17.2 Å². The first-order chi connectivity index (χ1) is 3.89. The van der Waals surface area contributed by atoms with Crippen molar-refractivity contribution in [1.82, 2.24) is 0 Å². The molecule has 0 aliphatic carbocycles. The molecule has 3 heteroatoms. The molecule has 0 aromatic rings. The number of hydrogen-bond acceptors (Lipinski definition) is 3. The maximum Gasteiger partial charge on any atom is 0.180 e.